The summed E-state index contributed by atoms with van der Waals surface area (Å²) in [6, 6.07) is 4.75. The molecule has 0 aliphatic heterocycles. The van der Waals surface area contributed by atoms with Crippen LogP contribution in [0.3, 0.4) is 0 Å². The van der Waals surface area contributed by atoms with E-state index in [-0.39, 0.29) is 12.3 Å². The molecule has 1 unspecified atom stereocenters. The summed E-state index contributed by atoms with van der Waals surface area (Å²) in [5.74, 6) is -0.273. The van der Waals surface area contributed by atoms with E-state index in [9.17, 15) is 18.0 Å². The molecule has 1 rings (SSSR count). The first-order chi connectivity index (χ1) is 9.20. The second kappa shape index (κ2) is 6.74. The Bertz CT molecular complexity index is 458. The molecule has 0 saturated carbocycles. The van der Waals surface area contributed by atoms with Gasteiger partial charge in [-0.15, -0.1) is 0 Å². The van der Waals surface area contributed by atoms with Gasteiger partial charge in [0.25, 0.3) is 0 Å². The van der Waals surface area contributed by atoms with Gasteiger partial charge in [0, 0.05) is 13.6 Å². The van der Waals surface area contributed by atoms with Crippen LogP contribution in [0.15, 0.2) is 24.3 Å². The quantitative estimate of drug-likeness (QED) is 0.904. The van der Waals surface area contributed by atoms with Gasteiger partial charge in [0.2, 0.25) is 5.91 Å². The third-order valence-corrected chi connectivity index (χ3v) is 2.92. The molecule has 112 valence electrons. The van der Waals surface area contributed by atoms with E-state index in [1.54, 1.807) is 14.0 Å². The largest absolute Gasteiger partial charge is 0.416 e. The van der Waals surface area contributed by atoms with E-state index in [1.807, 2.05) is 0 Å². The minimum Gasteiger partial charge on any atom is -0.393 e. The zero-order valence-electron chi connectivity index (χ0n) is 11.4. The number of amides is 1. The average Bonchev–Trinajstić information content (AvgIpc) is 2.35. The molecule has 0 radical (unpaired) electrons. The van der Waals surface area contributed by atoms with Gasteiger partial charge in [0.1, 0.15) is 0 Å². The van der Waals surface area contributed by atoms with Gasteiger partial charge >= 0.3 is 6.18 Å². The summed E-state index contributed by atoms with van der Waals surface area (Å²) in [7, 11) is 1.57. The second-order valence-electron chi connectivity index (χ2n) is 4.83. The lowest BCUT2D eigenvalue weighted by Crippen LogP contribution is -2.30. The number of halogens is 3. The topological polar surface area (TPSA) is 40.5 Å². The molecule has 0 bridgehead atoms. The van der Waals surface area contributed by atoms with E-state index in [4.69, 9.17) is 5.11 Å². The molecule has 1 atom stereocenters. The lowest BCUT2D eigenvalue weighted by Gasteiger charge is -2.18. The summed E-state index contributed by atoms with van der Waals surface area (Å²) in [5, 5.41) is 9.14. The van der Waals surface area contributed by atoms with E-state index >= 15 is 0 Å². The van der Waals surface area contributed by atoms with Crippen LogP contribution in [0.2, 0.25) is 0 Å². The Morgan fingerprint density at radius 1 is 1.40 bits per heavy atom. The zero-order chi connectivity index (χ0) is 15.3. The summed E-state index contributed by atoms with van der Waals surface area (Å²) in [4.78, 5) is 13.3. The molecular formula is C14H18F3NO2. The van der Waals surface area contributed by atoms with E-state index < -0.39 is 17.8 Å². The van der Waals surface area contributed by atoms with Gasteiger partial charge in [-0.2, -0.15) is 13.2 Å². The standard InChI is InChI=1S/C14H18F3NO2/c1-10(19)6-7-18(2)13(20)9-11-4-3-5-12(8-11)14(15,16)17/h3-5,8,10,19H,6-7,9H2,1-2H3. The Labute approximate surface area is 116 Å². The van der Waals surface area contributed by atoms with Crippen LogP contribution in [-0.2, 0) is 17.4 Å². The SMILES string of the molecule is CC(O)CCN(C)C(=O)Cc1cccc(C(F)(F)F)c1. The van der Waals surface area contributed by atoms with Crippen LogP contribution < -0.4 is 0 Å². The second-order valence-corrected chi connectivity index (χ2v) is 4.83. The Hall–Kier alpha value is -1.56. The highest BCUT2D eigenvalue weighted by Gasteiger charge is 2.30. The highest BCUT2D eigenvalue weighted by molar-refractivity contribution is 5.78. The molecule has 0 heterocycles. The minimum absolute atomic E-state index is 0.0831. The third-order valence-electron chi connectivity index (χ3n) is 2.92. The number of hydrogen-bond donors (Lipinski definition) is 1. The van der Waals surface area contributed by atoms with Gasteiger partial charge in [0.15, 0.2) is 0 Å². The van der Waals surface area contributed by atoms with Crippen molar-refractivity contribution in [3.05, 3.63) is 35.4 Å². The number of hydrogen-bond acceptors (Lipinski definition) is 2. The van der Waals surface area contributed by atoms with Crippen LogP contribution in [-0.4, -0.2) is 35.6 Å². The van der Waals surface area contributed by atoms with Gasteiger partial charge in [-0.05, 0) is 25.0 Å². The van der Waals surface area contributed by atoms with Crippen molar-refractivity contribution in [2.45, 2.75) is 32.0 Å². The summed E-state index contributed by atoms with van der Waals surface area (Å²) >= 11 is 0. The number of aliphatic hydroxyl groups is 1. The molecule has 1 aromatic carbocycles. The average molecular weight is 289 g/mol. The van der Waals surface area contributed by atoms with E-state index in [2.05, 4.69) is 0 Å². The number of aliphatic hydroxyl groups excluding tert-OH is 1. The maximum Gasteiger partial charge on any atom is 0.416 e. The molecule has 0 saturated heterocycles. The lowest BCUT2D eigenvalue weighted by atomic mass is 10.1. The first-order valence-electron chi connectivity index (χ1n) is 6.28. The fourth-order valence-electron chi connectivity index (χ4n) is 1.67. The molecule has 0 spiro atoms. The van der Waals surface area contributed by atoms with Crippen molar-refractivity contribution in [1.82, 2.24) is 4.90 Å². The predicted molar refractivity (Wildman–Crippen MR) is 69.1 cm³/mol. The molecule has 6 heteroatoms. The molecule has 1 aromatic rings. The monoisotopic (exact) mass is 289 g/mol. The van der Waals surface area contributed by atoms with Gasteiger partial charge < -0.3 is 10.0 Å². The number of likely N-dealkylation sites (N-methyl/N-ethyl adjacent to an activating group) is 1. The van der Waals surface area contributed by atoms with Crippen molar-refractivity contribution in [2.75, 3.05) is 13.6 Å². The van der Waals surface area contributed by atoms with Crippen molar-refractivity contribution in [2.24, 2.45) is 0 Å². The molecule has 0 aromatic heterocycles. The Kier molecular flexibility index (Phi) is 5.56. The molecule has 3 nitrogen and oxygen atoms in total. The van der Waals surface area contributed by atoms with E-state index in [0.717, 1.165) is 12.1 Å². The van der Waals surface area contributed by atoms with Crippen LogP contribution in [0.25, 0.3) is 0 Å². The number of nitrogens with zero attached hydrogens (tertiary/aromatic N) is 1. The van der Waals surface area contributed by atoms with E-state index in [0.29, 0.717) is 18.5 Å². The van der Waals surface area contributed by atoms with Crippen molar-refractivity contribution in [3.63, 3.8) is 0 Å². The predicted octanol–water partition coefficient (Wildman–Crippen LogP) is 2.48. The molecule has 0 aliphatic rings. The summed E-state index contributed by atoms with van der Waals surface area (Å²) < 4.78 is 37.7. The van der Waals surface area contributed by atoms with Gasteiger partial charge in [0.05, 0.1) is 18.1 Å². The summed E-state index contributed by atoms with van der Waals surface area (Å²) in [6.45, 7) is 1.99. The molecular weight excluding hydrogens is 271 g/mol. The fraction of sp³-hybridized carbons (Fsp3) is 0.500. The highest BCUT2D eigenvalue weighted by atomic mass is 19.4. The molecule has 20 heavy (non-hydrogen) atoms. The lowest BCUT2D eigenvalue weighted by molar-refractivity contribution is -0.138. The van der Waals surface area contributed by atoms with Crippen LogP contribution >= 0.6 is 0 Å². The number of benzene rings is 1. The van der Waals surface area contributed by atoms with Gasteiger partial charge in [-0.25, -0.2) is 0 Å². The summed E-state index contributed by atoms with van der Waals surface area (Å²) in [6.07, 6.45) is -4.57. The third kappa shape index (κ3) is 5.21. The Morgan fingerprint density at radius 3 is 2.60 bits per heavy atom. The summed E-state index contributed by atoms with van der Waals surface area (Å²) in [5.41, 5.74) is -0.428. The molecule has 0 fully saturated rings. The zero-order valence-corrected chi connectivity index (χ0v) is 11.4. The van der Waals surface area contributed by atoms with Crippen LogP contribution in [0.1, 0.15) is 24.5 Å². The number of carbonyl (C=O) groups is 1. The fourth-order valence-corrected chi connectivity index (χ4v) is 1.67. The smallest absolute Gasteiger partial charge is 0.393 e. The molecule has 0 aliphatic carbocycles. The maximum absolute atomic E-state index is 12.6. The van der Waals surface area contributed by atoms with E-state index in [1.165, 1.54) is 17.0 Å². The number of rotatable bonds is 5. The van der Waals surface area contributed by atoms with Gasteiger partial charge in [-0.1, -0.05) is 18.2 Å². The number of carbonyl (C=O) groups excluding carboxylic acids is 1. The van der Waals surface area contributed by atoms with Crippen LogP contribution in [0.4, 0.5) is 13.2 Å². The molecule has 1 N–H and O–H groups in total. The normalized spacial score (nSPS) is 13.1. The Balaban J connectivity index is 2.66. The number of alkyl halides is 3. The first kappa shape index (κ1) is 16.5. The maximum atomic E-state index is 12.6. The van der Waals surface area contributed by atoms with Crippen LogP contribution in [0.5, 0.6) is 0 Å². The minimum atomic E-state index is -4.41. The van der Waals surface area contributed by atoms with Crippen molar-refractivity contribution < 1.29 is 23.1 Å². The highest BCUT2D eigenvalue weighted by Crippen LogP contribution is 2.29. The first-order valence-corrected chi connectivity index (χ1v) is 6.28. The Morgan fingerprint density at radius 2 is 2.05 bits per heavy atom. The van der Waals surface area contributed by atoms with Crippen molar-refractivity contribution >= 4 is 5.91 Å². The molecule has 1 amide bonds. The van der Waals surface area contributed by atoms with Crippen LogP contribution in [0, 0.1) is 0 Å². The van der Waals surface area contributed by atoms with Crippen molar-refractivity contribution in [1.29, 1.82) is 0 Å². The van der Waals surface area contributed by atoms with Crippen molar-refractivity contribution in [3.8, 4) is 0 Å². The van der Waals surface area contributed by atoms with Gasteiger partial charge in [-0.3, -0.25) is 4.79 Å².